The zero-order valence-corrected chi connectivity index (χ0v) is 19.2. The third-order valence-electron chi connectivity index (χ3n) is 4.82. The molecule has 0 aromatic carbocycles. The minimum absolute atomic E-state index is 0.126. The number of sulfonamides is 1. The van der Waals surface area contributed by atoms with Crippen LogP contribution in [-0.4, -0.2) is 51.4 Å². The average Bonchev–Trinajstić information content (AvgIpc) is 3.04. The van der Waals surface area contributed by atoms with Crippen molar-refractivity contribution in [2.75, 3.05) is 18.4 Å². The molecule has 1 aliphatic heterocycles. The molecule has 1 N–H and O–H groups in total. The molecule has 0 aliphatic carbocycles. The first-order valence-corrected chi connectivity index (χ1v) is 11.7. The Bertz CT molecular complexity index is 964. The smallest absolute Gasteiger partial charge is 0.248 e. The van der Waals surface area contributed by atoms with E-state index in [1.54, 1.807) is 28.8 Å². The first-order chi connectivity index (χ1) is 13.2. The zero-order valence-electron chi connectivity index (χ0n) is 16.3. The number of imidazole rings is 1. The highest BCUT2D eigenvalue weighted by atomic mass is 127. The first kappa shape index (κ1) is 21.2. The number of nitrogens with one attached hydrogen (secondary N) is 1. The second kappa shape index (κ2) is 8.46. The second-order valence-electron chi connectivity index (χ2n) is 7.10. The summed E-state index contributed by atoms with van der Waals surface area (Å²) >= 11 is 1.76. The van der Waals surface area contributed by atoms with Gasteiger partial charge < -0.3 is 9.88 Å². The Hall–Kier alpha value is -1.53. The number of aromatic nitrogens is 4. The maximum absolute atomic E-state index is 12.2. The summed E-state index contributed by atoms with van der Waals surface area (Å²) in [6.45, 7) is 10.7. The number of hydrogen-bond donors (Lipinski definition) is 1. The first-order valence-electron chi connectivity index (χ1n) is 9.18. The summed E-state index contributed by atoms with van der Waals surface area (Å²) in [5.74, 6) is 1.50. The van der Waals surface area contributed by atoms with Crippen molar-refractivity contribution in [1.82, 2.24) is 23.8 Å². The molecule has 2 aromatic rings. The molecule has 1 saturated heterocycles. The number of nitrogens with zero attached hydrogens (tertiary/aromatic N) is 5. The van der Waals surface area contributed by atoms with Crippen LogP contribution in [0, 0.1) is 6.92 Å². The number of hydrogen-bond acceptors (Lipinski definition) is 6. The Kier molecular flexibility index (Phi) is 6.40. The molecule has 0 radical (unpaired) electrons. The molecular formula is C18H25IN6O2S. The predicted octanol–water partition coefficient (Wildman–Crippen LogP) is 3.34. The maximum Gasteiger partial charge on any atom is 0.248 e. The standard InChI is InChI=1S/C18H25IN6O2S/c1-12(2)25-14(4)21-11-17(25)16-5-8-20-18(23-16)22-15-6-9-24(10-7-15)28(26,27)13(3)19/h5,8,11-12,15H,3,6-7,9-10H2,1-2,4H3,(H,20,22,23). The largest absolute Gasteiger partial charge is 0.351 e. The van der Waals surface area contributed by atoms with E-state index in [9.17, 15) is 8.42 Å². The van der Waals surface area contributed by atoms with E-state index in [-0.39, 0.29) is 15.0 Å². The fraction of sp³-hybridized carbons (Fsp3) is 0.500. The molecule has 3 heterocycles. The molecule has 0 bridgehead atoms. The van der Waals surface area contributed by atoms with Crippen LogP contribution >= 0.6 is 22.6 Å². The van der Waals surface area contributed by atoms with E-state index in [1.807, 2.05) is 19.2 Å². The Morgan fingerprint density at radius 1 is 1.32 bits per heavy atom. The molecule has 2 aromatic heterocycles. The minimum atomic E-state index is -3.39. The summed E-state index contributed by atoms with van der Waals surface area (Å²) in [6.07, 6.45) is 4.96. The van der Waals surface area contributed by atoms with Crippen LogP contribution in [0.25, 0.3) is 11.4 Å². The fourth-order valence-corrected chi connectivity index (χ4v) is 5.24. The van der Waals surface area contributed by atoms with Crippen molar-refractivity contribution in [1.29, 1.82) is 0 Å². The lowest BCUT2D eigenvalue weighted by molar-refractivity contribution is 0.332. The Morgan fingerprint density at radius 2 is 2.00 bits per heavy atom. The van der Waals surface area contributed by atoms with Crippen LogP contribution < -0.4 is 5.32 Å². The lowest BCUT2D eigenvalue weighted by Crippen LogP contribution is -2.42. The zero-order chi connectivity index (χ0) is 20.5. The lowest BCUT2D eigenvalue weighted by Gasteiger charge is -2.31. The molecule has 1 fully saturated rings. The van der Waals surface area contributed by atoms with E-state index >= 15 is 0 Å². The van der Waals surface area contributed by atoms with Gasteiger partial charge in [0, 0.05) is 31.4 Å². The molecule has 0 saturated carbocycles. The second-order valence-corrected chi connectivity index (χ2v) is 11.1. The van der Waals surface area contributed by atoms with Crippen molar-refractivity contribution in [3.05, 3.63) is 33.8 Å². The predicted molar refractivity (Wildman–Crippen MR) is 119 cm³/mol. The van der Waals surface area contributed by atoms with E-state index < -0.39 is 10.0 Å². The summed E-state index contributed by atoms with van der Waals surface area (Å²) in [5, 5.41) is 3.35. The molecule has 3 rings (SSSR count). The van der Waals surface area contributed by atoms with Gasteiger partial charge in [0.05, 0.1) is 17.6 Å². The maximum atomic E-state index is 12.2. The van der Waals surface area contributed by atoms with E-state index in [0.717, 1.165) is 17.2 Å². The van der Waals surface area contributed by atoms with Gasteiger partial charge in [-0.1, -0.05) is 6.58 Å². The third kappa shape index (κ3) is 4.38. The molecule has 8 nitrogen and oxygen atoms in total. The molecule has 10 heteroatoms. The quantitative estimate of drug-likeness (QED) is 0.593. The van der Waals surface area contributed by atoms with Gasteiger partial charge in [0.15, 0.2) is 0 Å². The van der Waals surface area contributed by atoms with E-state index in [1.165, 1.54) is 4.31 Å². The molecule has 0 atom stereocenters. The SMILES string of the molecule is C=C(I)S(=O)(=O)N1CCC(Nc2nccc(-c3cnc(C)n3C(C)C)n2)CC1. The Morgan fingerprint density at radius 3 is 2.61 bits per heavy atom. The molecule has 0 amide bonds. The normalized spacial score (nSPS) is 16.5. The summed E-state index contributed by atoms with van der Waals surface area (Å²) in [6, 6.07) is 2.28. The number of anilines is 1. The number of aryl methyl sites for hydroxylation is 1. The fourth-order valence-electron chi connectivity index (χ4n) is 3.43. The Balaban J connectivity index is 1.71. The van der Waals surface area contributed by atoms with Crippen LogP contribution in [0.5, 0.6) is 0 Å². The van der Waals surface area contributed by atoms with Crippen molar-refractivity contribution < 1.29 is 8.42 Å². The van der Waals surface area contributed by atoms with Gasteiger partial charge in [-0.25, -0.2) is 23.4 Å². The highest BCUT2D eigenvalue weighted by Crippen LogP contribution is 2.25. The van der Waals surface area contributed by atoms with Crippen LogP contribution in [0.3, 0.4) is 0 Å². The van der Waals surface area contributed by atoms with Crippen LogP contribution in [0.1, 0.15) is 38.6 Å². The molecule has 0 spiro atoms. The minimum Gasteiger partial charge on any atom is -0.351 e. The Labute approximate surface area is 179 Å². The molecule has 28 heavy (non-hydrogen) atoms. The highest BCUT2D eigenvalue weighted by Gasteiger charge is 2.29. The van der Waals surface area contributed by atoms with Gasteiger partial charge in [-0.3, -0.25) is 0 Å². The van der Waals surface area contributed by atoms with Crippen molar-refractivity contribution in [3.8, 4) is 11.4 Å². The number of rotatable bonds is 6. The van der Waals surface area contributed by atoms with Crippen molar-refractivity contribution in [2.24, 2.45) is 0 Å². The summed E-state index contributed by atoms with van der Waals surface area (Å²) in [5.41, 5.74) is 1.77. The molecule has 1 aliphatic rings. The number of halogens is 1. The van der Waals surface area contributed by atoms with Gasteiger partial charge in [-0.2, -0.15) is 4.31 Å². The summed E-state index contributed by atoms with van der Waals surface area (Å²) in [4.78, 5) is 13.4. The van der Waals surface area contributed by atoms with Gasteiger partial charge in [0.2, 0.25) is 16.0 Å². The van der Waals surface area contributed by atoms with Gasteiger partial charge in [-0.15, -0.1) is 0 Å². The monoisotopic (exact) mass is 516 g/mol. The summed E-state index contributed by atoms with van der Waals surface area (Å²) < 4.78 is 28.2. The molecule has 152 valence electrons. The lowest BCUT2D eigenvalue weighted by atomic mass is 10.1. The topological polar surface area (TPSA) is 93.0 Å². The summed E-state index contributed by atoms with van der Waals surface area (Å²) in [7, 11) is -3.39. The van der Waals surface area contributed by atoms with Gasteiger partial charge >= 0.3 is 0 Å². The van der Waals surface area contributed by atoms with Gasteiger partial charge in [0.1, 0.15) is 8.74 Å². The molecule has 0 unspecified atom stereocenters. The van der Waals surface area contributed by atoms with Gasteiger partial charge in [0.25, 0.3) is 0 Å². The average molecular weight is 516 g/mol. The van der Waals surface area contributed by atoms with Crippen molar-refractivity contribution in [2.45, 2.75) is 45.7 Å². The van der Waals surface area contributed by atoms with Crippen LogP contribution in [0.2, 0.25) is 0 Å². The van der Waals surface area contributed by atoms with E-state index in [0.29, 0.717) is 31.9 Å². The van der Waals surface area contributed by atoms with E-state index in [4.69, 9.17) is 0 Å². The van der Waals surface area contributed by atoms with E-state index in [2.05, 4.69) is 45.3 Å². The highest BCUT2D eigenvalue weighted by molar-refractivity contribution is 14.1. The van der Waals surface area contributed by atoms with Crippen molar-refractivity contribution in [3.63, 3.8) is 0 Å². The van der Waals surface area contributed by atoms with Crippen LogP contribution in [0.15, 0.2) is 28.0 Å². The molecular weight excluding hydrogens is 491 g/mol. The van der Waals surface area contributed by atoms with Crippen molar-refractivity contribution >= 4 is 38.6 Å². The van der Waals surface area contributed by atoms with Gasteiger partial charge in [-0.05, 0) is 62.3 Å². The number of piperidine rings is 1. The van der Waals surface area contributed by atoms with Crippen LogP contribution in [0.4, 0.5) is 5.95 Å². The third-order valence-corrected chi connectivity index (χ3v) is 8.10. The van der Waals surface area contributed by atoms with Crippen LogP contribution in [-0.2, 0) is 10.0 Å².